The number of benzene rings is 2. The molecule has 8 nitrogen and oxygen atoms in total. The fourth-order valence-corrected chi connectivity index (χ4v) is 3.71. The smallest absolute Gasteiger partial charge is 0.340 e. The number of furan rings is 1. The van der Waals surface area contributed by atoms with Gasteiger partial charge in [0.1, 0.15) is 11.5 Å². The van der Waals surface area contributed by atoms with Crippen LogP contribution in [0.1, 0.15) is 16.1 Å². The number of sulfonamides is 1. The Labute approximate surface area is 194 Å². The summed E-state index contributed by atoms with van der Waals surface area (Å²) in [5, 5.41) is 3.18. The van der Waals surface area contributed by atoms with E-state index in [2.05, 4.69) is 10.0 Å². The lowest BCUT2D eigenvalue weighted by Crippen LogP contribution is -2.28. The molecule has 1 amide bonds. The lowest BCUT2D eigenvalue weighted by molar-refractivity contribution is -0.124. The molecular formula is C21H18Cl2N2O6S. The SMILES string of the molecule is CNS(=O)(=O)c1ccc(Cl)c(C(=O)OCC(=O)NCc2ccc(-c3ccc(Cl)cc3)o2)c1. The normalized spacial score (nSPS) is 11.2. The van der Waals surface area contributed by atoms with Crippen LogP contribution in [0.2, 0.25) is 10.0 Å². The highest BCUT2D eigenvalue weighted by Crippen LogP contribution is 2.24. The van der Waals surface area contributed by atoms with Crippen LogP contribution in [0, 0.1) is 0 Å². The van der Waals surface area contributed by atoms with Crippen molar-refractivity contribution in [1.82, 2.24) is 10.0 Å². The van der Waals surface area contributed by atoms with Crippen molar-refractivity contribution in [2.45, 2.75) is 11.4 Å². The van der Waals surface area contributed by atoms with E-state index in [1.54, 1.807) is 24.3 Å². The number of ether oxygens (including phenoxy) is 1. The topological polar surface area (TPSA) is 115 Å². The highest BCUT2D eigenvalue weighted by Gasteiger charge is 2.19. The van der Waals surface area contributed by atoms with Crippen LogP contribution in [0.5, 0.6) is 0 Å². The van der Waals surface area contributed by atoms with Crippen molar-refractivity contribution in [3.8, 4) is 11.3 Å². The zero-order chi connectivity index (χ0) is 23.3. The van der Waals surface area contributed by atoms with Gasteiger partial charge in [-0.15, -0.1) is 0 Å². The summed E-state index contributed by atoms with van der Waals surface area (Å²) < 4.78 is 36.6. The number of carbonyl (C=O) groups excluding carboxylic acids is 2. The molecule has 3 aromatic rings. The van der Waals surface area contributed by atoms with Gasteiger partial charge < -0.3 is 14.5 Å². The molecule has 0 aliphatic carbocycles. The molecule has 0 saturated heterocycles. The Hall–Kier alpha value is -2.85. The maximum absolute atomic E-state index is 12.3. The van der Waals surface area contributed by atoms with E-state index in [0.717, 1.165) is 11.6 Å². The molecule has 0 atom stereocenters. The second kappa shape index (κ2) is 10.2. The van der Waals surface area contributed by atoms with Crippen LogP contribution >= 0.6 is 23.2 Å². The summed E-state index contributed by atoms with van der Waals surface area (Å²) in [6, 6.07) is 14.2. The lowest BCUT2D eigenvalue weighted by Gasteiger charge is -2.09. The van der Waals surface area contributed by atoms with Gasteiger partial charge in [0, 0.05) is 10.6 Å². The minimum atomic E-state index is -3.77. The standard InChI is InChI=1S/C21H18Cl2N2O6S/c1-24-32(28,29)16-7-8-18(23)17(10-16)21(27)30-12-20(26)25-11-15-6-9-19(31-15)13-2-4-14(22)5-3-13/h2-10,24H,11-12H2,1H3,(H,25,26). The number of carbonyl (C=O) groups is 2. The molecule has 0 radical (unpaired) electrons. The Morgan fingerprint density at radius 2 is 1.75 bits per heavy atom. The lowest BCUT2D eigenvalue weighted by atomic mass is 10.2. The van der Waals surface area contributed by atoms with E-state index in [9.17, 15) is 18.0 Å². The first-order valence-corrected chi connectivity index (χ1v) is 11.4. The Bertz CT molecular complexity index is 1240. The Balaban J connectivity index is 1.55. The molecule has 0 saturated carbocycles. The zero-order valence-corrected chi connectivity index (χ0v) is 19.1. The molecule has 0 aliphatic heterocycles. The van der Waals surface area contributed by atoms with Gasteiger partial charge in [0.25, 0.3) is 5.91 Å². The second-order valence-electron chi connectivity index (χ2n) is 6.47. The Morgan fingerprint density at radius 3 is 2.44 bits per heavy atom. The number of hydrogen-bond acceptors (Lipinski definition) is 6. The van der Waals surface area contributed by atoms with Crippen LogP contribution in [0.15, 0.2) is 63.9 Å². The fourth-order valence-electron chi connectivity index (χ4n) is 2.63. The first-order valence-electron chi connectivity index (χ1n) is 9.21. The number of hydrogen-bond donors (Lipinski definition) is 2. The first-order chi connectivity index (χ1) is 15.2. The highest BCUT2D eigenvalue weighted by atomic mass is 35.5. The molecular weight excluding hydrogens is 479 g/mol. The number of halogens is 2. The molecule has 0 spiro atoms. The van der Waals surface area contributed by atoms with Gasteiger partial charge in [-0.05, 0) is 61.6 Å². The van der Waals surface area contributed by atoms with Gasteiger partial charge in [0.15, 0.2) is 6.61 Å². The Kier molecular flexibility index (Phi) is 7.57. The summed E-state index contributed by atoms with van der Waals surface area (Å²) >= 11 is 11.8. The minimum Gasteiger partial charge on any atom is -0.459 e. The minimum absolute atomic E-state index is 0.00391. The van der Waals surface area contributed by atoms with Crippen LogP contribution in [-0.2, 0) is 26.1 Å². The third-order valence-electron chi connectivity index (χ3n) is 4.32. The van der Waals surface area contributed by atoms with E-state index in [-0.39, 0.29) is 22.0 Å². The van der Waals surface area contributed by atoms with E-state index < -0.39 is 28.5 Å². The van der Waals surface area contributed by atoms with Crippen molar-refractivity contribution in [1.29, 1.82) is 0 Å². The van der Waals surface area contributed by atoms with Crippen LogP contribution in [-0.4, -0.2) is 33.9 Å². The molecule has 3 rings (SSSR count). The van der Waals surface area contributed by atoms with E-state index >= 15 is 0 Å². The van der Waals surface area contributed by atoms with Gasteiger partial charge in [-0.25, -0.2) is 17.9 Å². The monoisotopic (exact) mass is 496 g/mol. The molecule has 2 aromatic carbocycles. The average molecular weight is 497 g/mol. The molecule has 2 N–H and O–H groups in total. The summed E-state index contributed by atoms with van der Waals surface area (Å²) in [4.78, 5) is 24.1. The molecule has 0 fully saturated rings. The summed E-state index contributed by atoms with van der Waals surface area (Å²) in [7, 11) is -2.53. The van der Waals surface area contributed by atoms with Gasteiger partial charge in [-0.1, -0.05) is 23.2 Å². The number of nitrogens with one attached hydrogen (secondary N) is 2. The largest absolute Gasteiger partial charge is 0.459 e. The molecule has 0 bridgehead atoms. The van der Waals surface area contributed by atoms with Crippen molar-refractivity contribution in [3.05, 3.63) is 76.0 Å². The van der Waals surface area contributed by atoms with Gasteiger partial charge in [-0.2, -0.15) is 0 Å². The molecule has 0 unspecified atom stereocenters. The number of esters is 1. The van der Waals surface area contributed by atoms with E-state index in [4.69, 9.17) is 32.4 Å². The van der Waals surface area contributed by atoms with Gasteiger partial charge >= 0.3 is 5.97 Å². The number of amides is 1. The summed E-state index contributed by atoms with van der Waals surface area (Å²) in [5.41, 5.74) is 0.662. The van der Waals surface area contributed by atoms with Crippen molar-refractivity contribution < 1.29 is 27.2 Å². The maximum Gasteiger partial charge on any atom is 0.340 e. The molecule has 0 aliphatic rings. The van der Waals surface area contributed by atoms with Gasteiger partial charge in [0.05, 0.1) is 22.0 Å². The molecule has 168 valence electrons. The highest BCUT2D eigenvalue weighted by molar-refractivity contribution is 7.89. The van der Waals surface area contributed by atoms with Crippen molar-refractivity contribution in [3.63, 3.8) is 0 Å². The summed E-state index contributed by atoms with van der Waals surface area (Å²) in [6.45, 7) is -0.496. The van der Waals surface area contributed by atoms with Crippen LogP contribution in [0.25, 0.3) is 11.3 Å². The molecule has 11 heteroatoms. The third kappa shape index (κ3) is 5.89. The van der Waals surface area contributed by atoms with Gasteiger partial charge in [-0.3, -0.25) is 4.79 Å². The van der Waals surface area contributed by atoms with Crippen LogP contribution < -0.4 is 10.0 Å². The van der Waals surface area contributed by atoms with Gasteiger partial charge in [0.2, 0.25) is 10.0 Å². The van der Waals surface area contributed by atoms with E-state index in [1.165, 1.54) is 19.2 Å². The van der Waals surface area contributed by atoms with E-state index in [0.29, 0.717) is 16.5 Å². The van der Waals surface area contributed by atoms with Crippen LogP contribution in [0.3, 0.4) is 0 Å². The van der Waals surface area contributed by atoms with Crippen molar-refractivity contribution in [2.24, 2.45) is 0 Å². The quantitative estimate of drug-likeness (QED) is 0.460. The molecule has 32 heavy (non-hydrogen) atoms. The molecule has 1 heterocycles. The van der Waals surface area contributed by atoms with Crippen molar-refractivity contribution >= 4 is 45.1 Å². The Morgan fingerprint density at radius 1 is 1.03 bits per heavy atom. The van der Waals surface area contributed by atoms with Crippen LogP contribution in [0.4, 0.5) is 0 Å². The zero-order valence-electron chi connectivity index (χ0n) is 16.7. The maximum atomic E-state index is 12.3. The predicted octanol–water partition coefficient (Wildman–Crippen LogP) is 3.63. The second-order valence-corrected chi connectivity index (χ2v) is 9.21. The summed E-state index contributed by atoms with van der Waals surface area (Å²) in [5.74, 6) is -0.384. The van der Waals surface area contributed by atoms with E-state index in [1.807, 2.05) is 12.1 Å². The predicted molar refractivity (Wildman–Crippen MR) is 119 cm³/mol. The molecule has 1 aromatic heterocycles. The third-order valence-corrected chi connectivity index (χ3v) is 6.31. The fraction of sp³-hybridized carbons (Fsp3) is 0.143. The number of rotatable bonds is 8. The first kappa shape index (κ1) is 23.8. The average Bonchev–Trinajstić information content (AvgIpc) is 3.25. The van der Waals surface area contributed by atoms with Crippen molar-refractivity contribution in [2.75, 3.05) is 13.7 Å². The summed E-state index contributed by atoms with van der Waals surface area (Å²) in [6.07, 6.45) is 0.